The van der Waals surface area contributed by atoms with E-state index in [9.17, 15) is 22.8 Å². The Kier molecular flexibility index (Phi) is 6.30. The first-order valence-corrected chi connectivity index (χ1v) is 12.9. The van der Waals surface area contributed by atoms with Gasteiger partial charge in [-0.1, -0.05) is 6.07 Å². The number of imide groups is 1. The molecule has 0 bridgehead atoms. The molecule has 1 saturated carbocycles. The highest BCUT2D eigenvalue weighted by molar-refractivity contribution is 7.90. The van der Waals surface area contributed by atoms with Crippen LogP contribution in [0.3, 0.4) is 0 Å². The third-order valence-electron chi connectivity index (χ3n) is 5.61. The Labute approximate surface area is 197 Å². The second-order valence-electron chi connectivity index (χ2n) is 8.26. The lowest BCUT2D eigenvalue weighted by molar-refractivity contribution is -0.117. The SMILES string of the molecule is CCOc1nc([C@@H](CS(C)(=O)=O)N2C(=O)c3cccc(NC(=O)C4CC4)c3C2=O)ccc1OC. The summed E-state index contributed by atoms with van der Waals surface area (Å²) in [6, 6.07) is 6.43. The number of carbonyl (C=O) groups is 3. The number of benzene rings is 1. The van der Waals surface area contributed by atoms with Crippen molar-refractivity contribution in [3.8, 4) is 11.6 Å². The topological polar surface area (TPSA) is 132 Å². The molecule has 2 aliphatic rings. The Morgan fingerprint density at radius 2 is 1.94 bits per heavy atom. The van der Waals surface area contributed by atoms with E-state index in [-0.39, 0.29) is 46.8 Å². The molecular formula is C23H25N3O7S. The lowest BCUT2D eigenvalue weighted by atomic mass is 10.1. The lowest BCUT2D eigenvalue weighted by Crippen LogP contribution is -2.38. The predicted octanol–water partition coefficient (Wildman–Crippen LogP) is 2.22. The zero-order valence-electron chi connectivity index (χ0n) is 19.0. The molecule has 0 saturated heterocycles. The second kappa shape index (κ2) is 9.05. The number of nitrogens with zero attached hydrogens (tertiary/aromatic N) is 2. The smallest absolute Gasteiger partial charge is 0.264 e. The number of hydrogen-bond acceptors (Lipinski definition) is 8. The van der Waals surface area contributed by atoms with Crippen molar-refractivity contribution >= 4 is 33.2 Å². The number of aromatic nitrogens is 1. The van der Waals surface area contributed by atoms with Gasteiger partial charge in [-0.05, 0) is 44.0 Å². The van der Waals surface area contributed by atoms with Gasteiger partial charge in [0.15, 0.2) is 5.75 Å². The van der Waals surface area contributed by atoms with Crippen LogP contribution in [-0.4, -0.2) is 61.7 Å². The number of nitrogens with one attached hydrogen (secondary N) is 1. The van der Waals surface area contributed by atoms with Gasteiger partial charge < -0.3 is 14.8 Å². The van der Waals surface area contributed by atoms with Crippen molar-refractivity contribution in [2.75, 3.05) is 31.0 Å². The quantitative estimate of drug-likeness (QED) is 0.533. The second-order valence-corrected chi connectivity index (χ2v) is 10.4. The molecule has 10 nitrogen and oxygen atoms in total. The maximum absolute atomic E-state index is 13.5. The van der Waals surface area contributed by atoms with Crippen molar-refractivity contribution in [3.63, 3.8) is 0 Å². The monoisotopic (exact) mass is 487 g/mol. The Hall–Kier alpha value is -3.47. The summed E-state index contributed by atoms with van der Waals surface area (Å²) in [6.45, 7) is 2.03. The van der Waals surface area contributed by atoms with Crippen molar-refractivity contribution in [2.45, 2.75) is 25.8 Å². The molecular weight excluding hydrogens is 462 g/mol. The molecule has 0 spiro atoms. The Morgan fingerprint density at radius 1 is 1.21 bits per heavy atom. The number of ether oxygens (including phenoxy) is 2. The van der Waals surface area contributed by atoms with Gasteiger partial charge in [-0.25, -0.2) is 13.4 Å². The Morgan fingerprint density at radius 3 is 2.56 bits per heavy atom. The summed E-state index contributed by atoms with van der Waals surface area (Å²) < 4.78 is 35.3. The third-order valence-corrected chi connectivity index (χ3v) is 6.54. The van der Waals surface area contributed by atoms with E-state index in [2.05, 4.69) is 10.3 Å². The highest BCUT2D eigenvalue weighted by Crippen LogP contribution is 2.38. The average molecular weight is 488 g/mol. The standard InChI is InChI=1S/C23H25N3O7S/c1-4-33-21-18(32-2)11-10-15(25-21)17(12-34(3,30)31)26-22(28)14-6-5-7-16(19(14)23(26)29)24-20(27)13-8-9-13/h5-7,10-11,13,17H,4,8-9,12H2,1-3H3,(H,24,27)/t17-/m1/s1. The fourth-order valence-corrected chi connectivity index (χ4v) is 4.77. The number of anilines is 1. The van der Waals surface area contributed by atoms with Crippen molar-refractivity contribution in [3.05, 3.63) is 47.2 Å². The Balaban J connectivity index is 1.76. The largest absolute Gasteiger partial charge is 0.491 e. The van der Waals surface area contributed by atoms with Gasteiger partial charge >= 0.3 is 0 Å². The summed E-state index contributed by atoms with van der Waals surface area (Å²) in [6.07, 6.45) is 2.58. The van der Waals surface area contributed by atoms with Gasteiger partial charge in [-0.15, -0.1) is 0 Å². The van der Waals surface area contributed by atoms with E-state index in [0.717, 1.165) is 24.0 Å². The summed E-state index contributed by atoms with van der Waals surface area (Å²) in [5.41, 5.74) is 0.521. The normalized spacial score (nSPS) is 16.3. The minimum Gasteiger partial charge on any atom is -0.491 e. The van der Waals surface area contributed by atoms with Crippen LogP contribution in [0, 0.1) is 5.92 Å². The van der Waals surface area contributed by atoms with Crippen LogP contribution in [0.15, 0.2) is 30.3 Å². The number of rotatable bonds is 9. The lowest BCUT2D eigenvalue weighted by Gasteiger charge is -2.26. The first-order valence-electron chi connectivity index (χ1n) is 10.8. The van der Waals surface area contributed by atoms with E-state index in [4.69, 9.17) is 9.47 Å². The number of methoxy groups -OCH3 is 1. The van der Waals surface area contributed by atoms with Crippen LogP contribution in [0.1, 0.15) is 52.2 Å². The molecule has 4 rings (SSSR count). The molecule has 0 unspecified atom stereocenters. The van der Waals surface area contributed by atoms with Gasteiger partial charge in [0.25, 0.3) is 17.7 Å². The number of amides is 3. The molecule has 2 heterocycles. The third kappa shape index (κ3) is 4.60. The first kappa shape index (κ1) is 23.7. The summed E-state index contributed by atoms with van der Waals surface area (Å²) in [7, 11) is -2.20. The van der Waals surface area contributed by atoms with Gasteiger partial charge in [0, 0.05) is 12.2 Å². The van der Waals surface area contributed by atoms with Crippen LogP contribution in [0.2, 0.25) is 0 Å². The molecule has 1 aromatic carbocycles. The fourth-order valence-electron chi connectivity index (χ4n) is 3.87. The molecule has 0 radical (unpaired) electrons. The fraction of sp³-hybridized carbons (Fsp3) is 0.391. The number of sulfone groups is 1. The van der Waals surface area contributed by atoms with Gasteiger partial charge in [0.2, 0.25) is 5.91 Å². The van der Waals surface area contributed by atoms with Crippen molar-refractivity contribution in [1.29, 1.82) is 0 Å². The van der Waals surface area contributed by atoms with E-state index in [0.29, 0.717) is 5.75 Å². The first-order chi connectivity index (χ1) is 16.1. The van der Waals surface area contributed by atoms with Gasteiger partial charge in [0.1, 0.15) is 9.84 Å². The summed E-state index contributed by atoms with van der Waals surface area (Å²) in [5.74, 6) is -1.75. The van der Waals surface area contributed by atoms with E-state index >= 15 is 0 Å². The van der Waals surface area contributed by atoms with Crippen LogP contribution in [0.25, 0.3) is 0 Å². The highest BCUT2D eigenvalue weighted by Gasteiger charge is 2.44. The average Bonchev–Trinajstić information content (AvgIpc) is 3.60. The maximum atomic E-state index is 13.5. The zero-order valence-corrected chi connectivity index (χ0v) is 19.8. The number of fused-ring (bicyclic) bond motifs is 1. The van der Waals surface area contributed by atoms with E-state index in [1.54, 1.807) is 25.1 Å². The molecule has 1 N–H and O–H groups in total. The molecule has 2 aromatic rings. The highest BCUT2D eigenvalue weighted by atomic mass is 32.2. The van der Waals surface area contributed by atoms with Crippen molar-refractivity contribution in [2.24, 2.45) is 5.92 Å². The molecule has 11 heteroatoms. The van der Waals surface area contributed by atoms with Crippen molar-refractivity contribution < 1.29 is 32.3 Å². The molecule has 180 valence electrons. The minimum absolute atomic E-state index is 0.0403. The molecule has 1 fully saturated rings. The minimum atomic E-state index is -3.64. The van der Waals surface area contributed by atoms with Gasteiger partial charge in [-0.2, -0.15) is 0 Å². The van der Waals surface area contributed by atoms with Crippen LogP contribution >= 0.6 is 0 Å². The van der Waals surface area contributed by atoms with Crippen LogP contribution in [0.4, 0.5) is 5.69 Å². The Bertz CT molecular complexity index is 1270. The number of carbonyl (C=O) groups excluding carboxylic acids is 3. The van der Waals surface area contributed by atoms with Crippen molar-refractivity contribution in [1.82, 2.24) is 9.88 Å². The maximum Gasteiger partial charge on any atom is 0.264 e. The van der Waals surface area contributed by atoms with Gasteiger partial charge in [0.05, 0.1) is 48.0 Å². The van der Waals surface area contributed by atoms with E-state index < -0.39 is 33.4 Å². The van der Waals surface area contributed by atoms with E-state index in [1.807, 2.05) is 0 Å². The van der Waals surface area contributed by atoms with E-state index in [1.165, 1.54) is 19.2 Å². The molecule has 1 aliphatic carbocycles. The van der Waals surface area contributed by atoms with Crippen LogP contribution < -0.4 is 14.8 Å². The van der Waals surface area contributed by atoms with Crippen LogP contribution in [-0.2, 0) is 14.6 Å². The summed E-state index contributed by atoms with van der Waals surface area (Å²) >= 11 is 0. The molecule has 1 aromatic heterocycles. The molecule has 34 heavy (non-hydrogen) atoms. The molecule has 3 amide bonds. The van der Waals surface area contributed by atoms with Gasteiger partial charge in [-0.3, -0.25) is 19.3 Å². The summed E-state index contributed by atoms with van der Waals surface area (Å²) in [5, 5.41) is 2.73. The number of hydrogen-bond donors (Lipinski definition) is 1. The number of pyridine rings is 1. The summed E-state index contributed by atoms with van der Waals surface area (Å²) in [4.78, 5) is 44.4. The van der Waals surface area contributed by atoms with Crippen LogP contribution in [0.5, 0.6) is 11.6 Å². The molecule has 1 atom stereocenters. The predicted molar refractivity (Wildman–Crippen MR) is 123 cm³/mol. The molecule has 1 aliphatic heterocycles. The zero-order chi connectivity index (χ0) is 24.6.